The van der Waals surface area contributed by atoms with E-state index in [1.54, 1.807) is 13.1 Å². The van der Waals surface area contributed by atoms with Crippen LogP contribution in [-0.4, -0.2) is 17.1 Å². The van der Waals surface area contributed by atoms with E-state index in [0.717, 1.165) is 17.4 Å². The number of carbonyl (C=O) groups excluding carboxylic acids is 1. The number of hydrogen-bond donors (Lipinski definition) is 0. The standard InChI is InChI=1S/C16H10Cl2F2N2O2S/c1-22-15-11(20)5-9(19)6-13(15)25-16(22)21-14(23)7-24-12-3-2-8(17)4-10(12)18/h2-6H,7H2,1H3. The molecule has 9 heteroatoms. The van der Waals surface area contributed by atoms with Crippen LogP contribution in [0.25, 0.3) is 10.2 Å². The van der Waals surface area contributed by atoms with Gasteiger partial charge in [0.2, 0.25) is 0 Å². The third kappa shape index (κ3) is 3.84. The van der Waals surface area contributed by atoms with Crippen molar-refractivity contribution in [2.75, 3.05) is 6.61 Å². The predicted octanol–water partition coefficient (Wildman–Crippen LogP) is 4.33. The zero-order valence-corrected chi connectivity index (χ0v) is 15.1. The third-order valence-electron chi connectivity index (χ3n) is 3.28. The Kier molecular flexibility index (Phi) is 5.08. The van der Waals surface area contributed by atoms with Gasteiger partial charge >= 0.3 is 0 Å². The highest BCUT2D eigenvalue weighted by Gasteiger charge is 2.12. The summed E-state index contributed by atoms with van der Waals surface area (Å²) in [5, 5.41) is 0.713. The minimum Gasteiger partial charge on any atom is -0.482 e. The van der Waals surface area contributed by atoms with Gasteiger partial charge in [-0.15, -0.1) is 0 Å². The average Bonchev–Trinajstić information content (AvgIpc) is 2.82. The quantitative estimate of drug-likeness (QED) is 0.654. The lowest BCUT2D eigenvalue weighted by atomic mass is 10.3. The van der Waals surface area contributed by atoms with Crippen LogP contribution in [0.4, 0.5) is 8.78 Å². The highest BCUT2D eigenvalue weighted by atomic mass is 35.5. The number of hydrogen-bond acceptors (Lipinski definition) is 3. The molecule has 0 spiro atoms. The van der Waals surface area contributed by atoms with Gasteiger partial charge in [-0.1, -0.05) is 34.5 Å². The van der Waals surface area contributed by atoms with E-state index in [-0.39, 0.29) is 21.9 Å². The van der Waals surface area contributed by atoms with Crippen LogP contribution in [0, 0.1) is 11.6 Å². The van der Waals surface area contributed by atoms with Gasteiger partial charge in [0.1, 0.15) is 11.6 Å². The Bertz CT molecular complexity index is 1050. The lowest BCUT2D eigenvalue weighted by Crippen LogP contribution is -2.17. The normalized spacial score (nSPS) is 12.0. The smallest absolute Gasteiger partial charge is 0.286 e. The second-order valence-corrected chi connectivity index (χ2v) is 6.90. The molecule has 25 heavy (non-hydrogen) atoms. The number of thiazole rings is 1. The van der Waals surface area contributed by atoms with Gasteiger partial charge < -0.3 is 9.30 Å². The molecule has 0 bridgehead atoms. The molecule has 0 fully saturated rings. The van der Waals surface area contributed by atoms with E-state index in [4.69, 9.17) is 27.9 Å². The molecule has 0 unspecified atom stereocenters. The Balaban J connectivity index is 1.85. The average molecular weight is 403 g/mol. The van der Waals surface area contributed by atoms with E-state index in [1.165, 1.54) is 22.8 Å². The first-order valence-corrected chi connectivity index (χ1v) is 8.52. The summed E-state index contributed by atoms with van der Waals surface area (Å²) in [5.74, 6) is -1.70. The van der Waals surface area contributed by atoms with Crippen LogP contribution in [0.15, 0.2) is 35.3 Å². The Morgan fingerprint density at radius 1 is 1.28 bits per heavy atom. The van der Waals surface area contributed by atoms with Crippen molar-refractivity contribution in [3.05, 3.63) is 56.8 Å². The van der Waals surface area contributed by atoms with Crippen LogP contribution in [-0.2, 0) is 11.8 Å². The first kappa shape index (κ1) is 17.8. The molecule has 130 valence electrons. The molecule has 0 N–H and O–H groups in total. The topological polar surface area (TPSA) is 43.6 Å². The lowest BCUT2D eigenvalue weighted by Gasteiger charge is -2.05. The van der Waals surface area contributed by atoms with Crippen molar-refractivity contribution in [1.29, 1.82) is 0 Å². The number of aromatic nitrogens is 1. The molecule has 1 aromatic heterocycles. The van der Waals surface area contributed by atoms with E-state index in [9.17, 15) is 13.6 Å². The number of fused-ring (bicyclic) bond motifs is 1. The van der Waals surface area contributed by atoms with Crippen LogP contribution >= 0.6 is 34.5 Å². The highest BCUT2D eigenvalue weighted by Crippen LogP contribution is 2.27. The summed E-state index contributed by atoms with van der Waals surface area (Å²) < 4.78 is 34.2. The summed E-state index contributed by atoms with van der Waals surface area (Å²) in [6, 6.07) is 6.58. The minimum absolute atomic E-state index is 0.180. The molecule has 3 aromatic rings. The lowest BCUT2D eigenvalue weighted by molar-refractivity contribution is -0.120. The zero-order valence-electron chi connectivity index (χ0n) is 12.7. The molecule has 0 aliphatic rings. The number of aryl methyl sites for hydroxylation is 1. The molecule has 0 radical (unpaired) electrons. The van der Waals surface area contributed by atoms with Crippen LogP contribution in [0.2, 0.25) is 10.0 Å². The molecular weight excluding hydrogens is 393 g/mol. The number of rotatable bonds is 3. The largest absolute Gasteiger partial charge is 0.482 e. The maximum absolute atomic E-state index is 13.9. The van der Waals surface area contributed by atoms with Crippen LogP contribution in [0.3, 0.4) is 0 Å². The number of nitrogens with zero attached hydrogens (tertiary/aromatic N) is 2. The van der Waals surface area contributed by atoms with Crippen molar-refractivity contribution in [2.24, 2.45) is 12.0 Å². The number of amides is 1. The second kappa shape index (κ2) is 7.11. The number of halogens is 4. The molecular formula is C16H10Cl2F2N2O2S. The molecule has 0 saturated heterocycles. The third-order valence-corrected chi connectivity index (χ3v) is 4.89. The Morgan fingerprint density at radius 2 is 2.04 bits per heavy atom. The molecule has 1 heterocycles. The summed E-state index contributed by atoms with van der Waals surface area (Å²) in [6.45, 7) is -0.355. The van der Waals surface area contributed by atoms with Crippen LogP contribution in [0.5, 0.6) is 5.75 Å². The first-order valence-electron chi connectivity index (χ1n) is 6.95. The number of ether oxygens (including phenoxy) is 1. The van der Waals surface area contributed by atoms with Crippen molar-refractivity contribution in [1.82, 2.24) is 4.57 Å². The Labute approximate surface area is 154 Å². The van der Waals surface area contributed by atoms with Crippen molar-refractivity contribution in [2.45, 2.75) is 0 Å². The molecule has 0 aliphatic carbocycles. The van der Waals surface area contributed by atoms with Gasteiger partial charge in [-0.25, -0.2) is 8.78 Å². The van der Waals surface area contributed by atoms with Crippen molar-refractivity contribution in [3.8, 4) is 5.75 Å². The van der Waals surface area contributed by atoms with Crippen LogP contribution < -0.4 is 9.54 Å². The molecule has 0 aliphatic heterocycles. The summed E-state index contributed by atoms with van der Waals surface area (Å²) in [7, 11) is 1.54. The maximum atomic E-state index is 13.9. The molecule has 4 nitrogen and oxygen atoms in total. The Morgan fingerprint density at radius 3 is 2.76 bits per heavy atom. The van der Waals surface area contributed by atoms with E-state index in [1.807, 2.05) is 0 Å². The SMILES string of the molecule is Cn1c(=NC(=O)COc2ccc(Cl)cc2Cl)sc2cc(F)cc(F)c21. The van der Waals surface area contributed by atoms with Gasteiger partial charge in [0.15, 0.2) is 17.2 Å². The van der Waals surface area contributed by atoms with Gasteiger partial charge in [0.25, 0.3) is 5.91 Å². The summed E-state index contributed by atoms with van der Waals surface area (Å²) in [4.78, 5) is 16.1. The summed E-state index contributed by atoms with van der Waals surface area (Å²) >= 11 is 12.7. The number of benzene rings is 2. The molecule has 0 atom stereocenters. The predicted molar refractivity (Wildman–Crippen MR) is 93.2 cm³/mol. The van der Waals surface area contributed by atoms with E-state index >= 15 is 0 Å². The van der Waals surface area contributed by atoms with Crippen molar-refractivity contribution >= 4 is 50.7 Å². The molecule has 1 amide bonds. The van der Waals surface area contributed by atoms with Gasteiger partial charge in [0, 0.05) is 18.1 Å². The fraction of sp³-hybridized carbons (Fsp3) is 0.125. The van der Waals surface area contributed by atoms with E-state index in [2.05, 4.69) is 4.99 Å². The first-order chi connectivity index (χ1) is 11.8. The summed E-state index contributed by atoms with van der Waals surface area (Å²) in [6.07, 6.45) is 0. The molecule has 0 saturated carbocycles. The maximum Gasteiger partial charge on any atom is 0.286 e. The fourth-order valence-corrected chi connectivity index (χ4v) is 3.71. The monoisotopic (exact) mass is 402 g/mol. The molecule has 2 aromatic carbocycles. The minimum atomic E-state index is -0.716. The number of carbonyl (C=O) groups is 1. The van der Waals surface area contributed by atoms with Crippen molar-refractivity contribution in [3.63, 3.8) is 0 Å². The van der Waals surface area contributed by atoms with Crippen LogP contribution in [0.1, 0.15) is 0 Å². The molecule has 3 rings (SSSR count). The van der Waals surface area contributed by atoms with E-state index < -0.39 is 17.5 Å². The van der Waals surface area contributed by atoms with Gasteiger partial charge in [-0.05, 0) is 24.3 Å². The van der Waals surface area contributed by atoms with Gasteiger partial charge in [0.05, 0.1) is 15.2 Å². The van der Waals surface area contributed by atoms with E-state index in [0.29, 0.717) is 15.5 Å². The Hall–Kier alpha value is -1.96. The fourth-order valence-electron chi connectivity index (χ4n) is 2.18. The van der Waals surface area contributed by atoms with Crippen molar-refractivity contribution < 1.29 is 18.3 Å². The van der Waals surface area contributed by atoms with Gasteiger partial charge in [-0.3, -0.25) is 4.79 Å². The highest BCUT2D eigenvalue weighted by molar-refractivity contribution is 7.16. The zero-order chi connectivity index (χ0) is 18.1. The van der Waals surface area contributed by atoms with Gasteiger partial charge in [-0.2, -0.15) is 4.99 Å². The summed E-state index contributed by atoms with van der Waals surface area (Å²) in [5.41, 5.74) is 0.180. The second-order valence-electron chi connectivity index (χ2n) is 5.05.